The van der Waals surface area contributed by atoms with Crippen LogP contribution in [0.2, 0.25) is 0 Å². The summed E-state index contributed by atoms with van der Waals surface area (Å²) in [6, 6.07) is 16.4. The third kappa shape index (κ3) is 8.92. The molecule has 0 saturated carbocycles. The average molecular weight is 621 g/mol. The molecule has 1 heterocycles. The molecule has 1 saturated heterocycles. The van der Waals surface area contributed by atoms with Crippen LogP contribution in [0.3, 0.4) is 0 Å². The molecular weight excluding hydrogens is 589 g/mol. The zero-order valence-corrected chi connectivity index (χ0v) is 24.0. The van der Waals surface area contributed by atoms with E-state index in [9.17, 15) is 31.2 Å². The highest BCUT2D eigenvalue weighted by molar-refractivity contribution is 7.89. The van der Waals surface area contributed by atoms with Crippen molar-refractivity contribution in [3.05, 3.63) is 77.9 Å². The van der Waals surface area contributed by atoms with Gasteiger partial charge in [0, 0.05) is 55.2 Å². The van der Waals surface area contributed by atoms with Gasteiger partial charge >= 0.3 is 12.5 Å². The Morgan fingerprint density at radius 2 is 1.53 bits per heavy atom. The van der Waals surface area contributed by atoms with E-state index in [1.807, 2.05) is 19.1 Å². The normalized spacial score (nSPS) is 14.7. The van der Waals surface area contributed by atoms with Crippen LogP contribution in [-0.4, -0.2) is 73.0 Å². The highest BCUT2D eigenvalue weighted by Gasteiger charge is 2.32. The van der Waals surface area contributed by atoms with Gasteiger partial charge in [0.05, 0.1) is 5.75 Å². The van der Waals surface area contributed by atoms with Gasteiger partial charge in [-0.2, -0.15) is 4.31 Å². The number of hydrogen-bond donors (Lipinski definition) is 3. The van der Waals surface area contributed by atoms with Gasteiger partial charge in [0.1, 0.15) is 5.75 Å². The Balaban J connectivity index is 1.38. The van der Waals surface area contributed by atoms with Gasteiger partial charge in [-0.15, -0.1) is 13.2 Å². The third-order valence-corrected chi connectivity index (χ3v) is 8.80. The molecule has 0 aromatic heterocycles. The minimum absolute atomic E-state index is 0.0184. The first-order chi connectivity index (χ1) is 20.3. The van der Waals surface area contributed by atoms with E-state index in [-0.39, 0.29) is 28.1 Å². The topological polar surface area (TPSA) is 128 Å². The Labute approximate surface area is 247 Å². The molecule has 0 bridgehead atoms. The van der Waals surface area contributed by atoms with Crippen molar-refractivity contribution in [2.24, 2.45) is 0 Å². The Morgan fingerprint density at radius 1 is 0.907 bits per heavy atom. The zero-order chi connectivity index (χ0) is 31.2. The van der Waals surface area contributed by atoms with Gasteiger partial charge < -0.3 is 15.2 Å². The standard InChI is InChI=1S/C29H31F3N4O6S/c1-2-17-43(40,41)36-15-13-35(14-16-36)19-20-3-9-23(10-4-20)33-27(37)22-7-5-21(6-8-22)25-18-24(34-28(38)39)11-12-26(25)42-29(30,31)32/h3-12,18,34H,2,13-17,19H2,1H3,(H,33,37)(H,38,39). The number of benzene rings is 3. The van der Waals surface area contributed by atoms with E-state index in [0.29, 0.717) is 44.8 Å². The van der Waals surface area contributed by atoms with Gasteiger partial charge in [-0.1, -0.05) is 31.2 Å². The molecule has 0 radical (unpaired) electrons. The molecule has 230 valence electrons. The van der Waals surface area contributed by atoms with Gasteiger partial charge in [-0.3, -0.25) is 15.0 Å². The summed E-state index contributed by atoms with van der Waals surface area (Å²) in [5.41, 5.74) is 2.10. The molecular formula is C29H31F3N4O6S. The number of sulfonamides is 1. The van der Waals surface area contributed by atoms with Gasteiger partial charge in [0.2, 0.25) is 10.0 Å². The minimum Gasteiger partial charge on any atom is -0.465 e. The molecule has 0 unspecified atom stereocenters. The number of carboxylic acid groups (broad SMARTS) is 1. The number of carbonyl (C=O) groups excluding carboxylic acids is 1. The number of nitrogens with zero attached hydrogens (tertiary/aromatic N) is 2. The average Bonchev–Trinajstić information content (AvgIpc) is 2.94. The molecule has 1 fully saturated rings. The molecule has 3 aromatic carbocycles. The van der Waals surface area contributed by atoms with E-state index >= 15 is 0 Å². The summed E-state index contributed by atoms with van der Waals surface area (Å²) < 4.78 is 69.0. The Morgan fingerprint density at radius 3 is 2.12 bits per heavy atom. The number of piperazine rings is 1. The summed E-state index contributed by atoms with van der Waals surface area (Å²) in [4.78, 5) is 26.0. The molecule has 3 aromatic rings. The molecule has 14 heteroatoms. The first kappa shape index (κ1) is 31.8. The van der Waals surface area contributed by atoms with Gasteiger partial charge in [0.25, 0.3) is 5.91 Å². The van der Waals surface area contributed by atoms with Crippen molar-refractivity contribution in [2.45, 2.75) is 26.3 Å². The summed E-state index contributed by atoms with van der Waals surface area (Å²) >= 11 is 0. The second-order valence-corrected chi connectivity index (χ2v) is 12.0. The van der Waals surface area contributed by atoms with Crippen LogP contribution in [0.25, 0.3) is 11.1 Å². The van der Waals surface area contributed by atoms with Crippen LogP contribution >= 0.6 is 0 Å². The van der Waals surface area contributed by atoms with Crippen LogP contribution < -0.4 is 15.4 Å². The van der Waals surface area contributed by atoms with Crippen molar-refractivity contribution >= 4 is 33.4 Å². The predicted octanol–water partition coefficient (Wildman–Crippen LogP) is 5.45. The first-order valence-electron chi connectivity index (χ1n) is 13.4. The molecule has 10 nitrogen and oxygen atoms in total. The lowest BCUT2D eigenvalue weighted by Crippen LogP contribution is -2.48. The van der Waals surface area contributed by atoms with Crippen LogP contribution in [-0.2, 0) is 16.6 Å². The van der Waals surface area contributed by atoms with E-state index in [1.165, 1.54) is 30.3 Å². The lowest BCUT2D eigenvalue weighted by molar-refractivity contribution is -0.274. The highest BCUT2D eigenvalue weighted by atomic mass is 32.2. The molecule has 0 atom stereocenters. The summed E-state index contributed by atoms with van der Waals surface area (Å²) in [6.07, 6.45) is -5.76. The molecule has 3 N–H and O–H groups in total. The van der Waals surface area contributed by atoms with E-state index in [2.05, 4.69) is 20.3 Å². The number of ether oxygens (including phenoxy) is 1. The van der Waals surface area contributed by atoms with E-state index in [1.54, 1.807) is 16.4 Å². The highest BCUT2D eigenvalue weighted by Crippen LogP contribution is 2.36. The number of nitrogens with one attached hydrogen (secondary N) is 2. The second kappa shape index (κ2) is 13.4. The SMILES string of the molecule is CCCS(=O)(=O)N1CCN(Cc2ccc(NC(=O)c3ccc(-c4cc(NC(=O)O)ccc4OC(F)(F)F)cc3)cc2)CC1. The lowest BCUT2D eigenvalue weighted by Gasteiger charge is -2.34. The third-order valence-electron chi connectivity index (χ3n) is 6.72. The maximum absolute atomic E-state index is 12.9. The van der Waals surface area contributed by atoms with E-state index < -0.39 is 34.1 Å². The van der Waals surface area contributed by atoms with Crippen LogP contribution in [0.15, 0.2) is 66.7 Å². The van der Waals surface area contributed by atoms with Crippen LogP contribution in [0.1, 0.15) is 29.3 Å². The van der Waals surface area contributed by atoms with Gasteiger partial charge in [0.15, 0.2) is 0 Å². The molecule has 0 aliphatic carbocycles. The van der Waals surface area contributed by atoms with Crippen molar-refractivity contribution in [2.75, 3.05) is 42.6 Å². The first-order valence-corrected chi connectivity index (χ1v) is 15.0. The molecule has 0 spiro atoms. The lowest BCUT2D eigenvalue weighted by atomic mass is 10.0. The monoisotopic (exact) mass is 620 g/mol. The molecule has 43 heavy (non-hydrogen) atoms. The Bertz CT molecular complexity index is 1540. The van der Waals surface area contributed by atoms with Gasteiger partial charge in [-0.05, 0) is 60.0 Å². The zero-order valence-electron chi connectivity index (χ0n) is 23.2. The number of amides is 2. The van der Waals surface area contributed by atoms with Crippen LogP contribution in [0, 0.1) is 0 Å². The fourth-order valence-corrected chi connectivity index (χ4v) is 6.17. The van der Waals surface area contributed by atoms with E-state index in [4.69, 9.17) is 5.11 Å². The number of rotatable bonds is 10. The largest absolute Gasteiger partial charge is 0.573 e. The van der Waals surface area contributed by atoms with Crippen molar-refractivity contribution in [1.29, 1.82) is 0 Å². The smallest absolute Gasteiger partial charge is 0.465 e. The van der Waals surface area contributed by atoms with Crippen molar-refractivity contribution < 1.29 is 41.0 Å². The molecule has 1 aliphatic rings. The van der Waals surface area contributed by atoms with Crippen LogP contribution in [0.5, 0.6) is 5.75 Å². The summed E-state index contributed by atoms with van der Waals surface area (Å²) in [5, 5.41) is 13.8. The Kier molecular flexibility index (Phi) is 9.94. The predicted molar refractivity (Wildman–Crippen MR) is 156 cm³/mol. The molecule has 2 amide bonds. The number of anilines is 2. The van der Waals surface area contributed by atoms with Crippen molar-refractivity contribution in [1.82, 2.24) is 9.21 Å². The number of hydrogen-bond acceptors (Lipinski definition) is 6. The Hall–Kier alpha value is -4.14. The molecule has 1 aliphatic heterocycles. The van der Waals surface area contributed by atoms with Crippen LogP contribution in [0.4, 0.5) is 29.3 Å². The van der Waals surface area contributed by atoms with Crippen molar-refractivity contribution in [3.8, 4) is 16.9 Å². The summed E-state index contributed by atoms with van der Waals surface area (Å²) in [7, 11) is -3.20. The molecule has 4 rings (SSSR count). The van der Waals surface area contributed by atoms with Crippen molar-refractivity contribution in [3.63, 3.8) is 0 Å². The summed E-state index contributed by atoms with van der Waals surface area (Å²) in [6.45, 7) is 4.65. The van der Waals surface area contributed by atoms with E-state index in [0.717, 1.165) is 17.7 Å². The number of carbonyl (C=O) groups is 2. The fraction of sp³-hybridized carbons (Fsp3) is 0.310. The number of alkyl halides is 3. The fourth-order valence-electron chi connectivity index (χ4n) is 4.68. The maximum atomic E-state index is 12.9. The number of halogens is 3. The quantitative estimate of drug-likeness (QED) is 0.275. The summed E-state index contributed by atoms with van der Waals surface area (Å²) in [5.74, 6) is -0.802. The maximum Gasteiger partial charge on any atom is 0.573 e. The second-order valence-electron chi connectivity index (χ2n) is 9.91. The van der Waals surface area contributed by atoms with Gasteiger partial charge in [-0.25, -0.2) is 13.2 Å². The minimum atomic E-state index is -4.96.